The normalized spacial score (nSPS) is 11.0. The van der Waals surface area contributed by atoms with Gasteiger partial charge in [-0.1, -0.05) is 29.8 Å². The van der Waals surface area contributed by atoms with Crippen LogP contribution >= 0.6 is 11.3 Å². The maximum Gasteiger partial charge on any atom is 0.262 e. The fourth-order valence-electron chi connectivity index (χ4n) is 2.50. The van der Waals surface area contributed by atoms with Crippen molar-refractivity contribution >= 4 is 27.5 Å². The highest BCUT2D eigenvalue weighted by Crippen LogP contribution is 2.25. The Morgan fingerprint density at radius 1 is 1.21 bits per heavy atom. The van der Waals surface area contributed by atoms with Crippen LogP contribution in [0.4, 0.5) is 0 Å². The van der Waals surface area contributed by atoms with Crippen LogP contribution in [0.2, 0.25) is 0 Å². The molecule has 0 unspecified atom stereocenters. The number of nitrogens with one attached hydrogen (secondary N) is 1. The van der Waals surface area contributed by atoms with E-state index in [2.05, 4.69) is 10.3 Å². The van der Waals surface area contributed by atoms with E-state index in [1.54, 1.807) is 0 Å². The summed E-state index contributed by atoms with van der Waals surface area (Å²) in [6.45, 7) is 6.33. The average molecular weight is 341 g/mol. The molecule has 3 rings (SSSR count). The second kappa shape index (κ2) is 6.57. The lowest BCUT2D eigenvalue weighted by atomic mass is 10.1. The zero-order valence-electron chi connectivity index (χ0n) is 13.9. The van der Waals surface area contributed by atoms with Gasteiger partial charge in [0.15, 0.2) is 0 Å². The van der Waals surface area contributed by atoms with Crippen molar-refractivity contribution in [3.8, 4) is 0 Å². The average Bonchev–Trinajstić information content (AvgIpc) is 2.85. The molecule has 1 N–H and O–H groups in total. The van der Waals surface area contributed by atoms with Gasteiger partial charge >= 0.3 is 0 Å². The molecule has 24 heavy (non-hydrogen) atoms. The third kappa shape index (κ3) is 3.23. The van der Waals surface area contributed by atoms with Crippen molar-refractivity contribution in [3.05, 3.63) is 62.5 Å². The Hall–Kier alpha value is -2.47. The van der Waals surface area contributed by atoms with Crippen LogP contribution < -0.4 is 10.9 Å². The molecule has 3 aromatic rings. The molecule has 0 aliphatic heterocycles. The molecule has 0 saturated heterocycles. The van der Waals surface area contributed by atoms with Crippen molar-refractivity contribution in [3.63, 3.8) is 0 Å². The summed E-state index contributed by atoms with van der Waals surface area (Å²) in [4.78, 5) is 30.8. The highest BCUT2D eigenvalue weighted by molar-refractivity contribution is 7.18. The Bertz CT molecular complexity index is 955. The number of amides is 1. The van der Waals surface area contributed by atoms with Crippen LogP contribution in [0.3, 0.4) is 0 Å². The first-order valence-electron chi connectivity index (χ1n) is 7.73. The van der Waals surface area contributed by atoms with Crippen LogP contribution in [-0.2, 0) is 17.9 Å². The van der Waals surface area contributed by atoms with E-state index in [-0.39, 0.29) is 18.0 Å². The molecule has 0 saturated carbocycles. The summed E-state index contributed by atoms with van der Waals surface area (Å²) in [7, 11) is 0. The molecule has 0 spiro atoms. The Kier molecular flexibility index (Phi) is 4.49. The fraction of sp³-hybridized carbons (Fsp3) is 0.278. The number of benzene rings is 1. The molecule has 0 aliphatic carbocycles. The summed E-state index contributed by atoms with van der Waals surface area (Å²) >= 11 is 1.50. The monoisotopic (exact) mass is 341 g/mol. The minimum absolute atomic E-state index is 0.0258. The Balaban J connectivity index is 1.73. The molecular formula is C18H19N3O2S. The number of thiophene rings is 1. The predicted molar refractivity (Wildman–Crippen MR) is 96.4 cm³/mol. The summed E-state index contributed by atoms with van der Waals surface area (Å²) in [5, 5.41) is 3.46. The number of aromatic nitrogens is 2. The summed E-state index contributed by atoms with van der Waals surface area (Å²) in [6.07, 6.45) is 1.45. The van der Waals surface area contributed by atoms with Gasteiger partial charge in [0.1, 0.15) is 11.4 Å². The molecule has 0 radical (unpaired) electrons. The number of hydrogen-bond donors (Lipinski definition) is 1. The quantitative estimate of drug-likeness (QED) is 0.793. The smallest absolute Gasteiger partial charge is 0.262 e. The first kappa shape index (κ1) is 16.4. The zero-order chi connectivity index (χ0) is 17.3. The van der Waals surface area contributed by atoms with Crippen molar-refractivity contribution in [2.24, 2.45) is 0 Å². The molecule has 1 amide bonds. The third-order valence-electron chi connectivity index (χ3n) is 4.08. The predicted octanol–water partition coefficient (Wildman–Crippen LogP) is 2.70. The molecule has 1 aromatic carbocycles. The van der Waals surface area contributed by atoms with E-state index in [0.29, 0.717) is 11.9 Å². The summed E-state index contributed by atoms with van der Waals surface area (Å²) in [5.41, 5.74) is 2.99. The van der Waals surface area contributed by atoms with E-state index in [1.807, 2.05) is 45.0 Å². The van der Waals surface area contributed by atoms with Crippen LogP contribution in [0, 0.1) is 20.8 Å². The van der Waals surface area contributed by atoms with E-state index < -0.39 is 0 Å². The van der Waals surface area contributed by atoms with Crippen LogP contribution in [0.25, 0.3) is 10.2 Å². The Morgan fingerprint density at radius 2 is 1.92 bits per heavy atom. The van der Waals surface area contributed by atoms with Crippen LogP contribution in [0.1, 0.15) is 21.6 Å². The van der Waals surface area contributed by atoms with Gasteiger partial charge in [-0.3, -0.25) is 14.2 Å². The van der Waals surface area contributed by atoms with Crippen molar-refractivity contribution in [1.82, 2.24) is 14.9 Å². The van der Waals surface area contributed by atoms with Gasteiger partial charge < -0.3 is 5.32 Å². The molecule has 6 heteroatoms. The number of carbonyl (C=O) groups is 1. The van der Waals surface area contributed by atoms with Gasteiger partial charge in [-0.15, -0.1) is 11.3 Å². The SMILES string of the molecule is Cc1ccc(CNC(=O)Cn2cnc3sc(C)c(C)c3c2=O)cc1. The van der Waals surface area contributed by atoms with E-state index in [4.69, 9.17) is 0 Å². The highest BCUT2D eigenvalue weighted by Gasteiger charge is 2.13. The summed E-state index contributed by atoms with van der Waals surface area (Å²) in [5.74, 6) is -0.205. The molecule has 0 bridgehead atoms. The van der Waals surface area contributed by atoms with Crippen molar-refractivity contribution in [2.45, 2.75) is 33.9 Å². The van der Waals surface area contributed by atoms with Gasteiger partial charge in [0.25, 0.3) is 5.56 Å². The number of hydrogen-bond acceptors (Lipinski definition) is 4. The van der Waals surface area contributed by atoms with Gasteiger partial charge in [0, 0.05) is 11.4 Å². The van der Waals surface area contributed by atoms with Crippen LogP contribution in [0.5, 0.6) is 0 Å². The maximum absolute atomic E-state index is 12.6. The molecule has 0 atom stereocenters. The van der Waals surface area contributed by atoms with E-state index in [1.165, 1.54) is 27.8 Å². The first-order chi connectivity index (χ1) is 11.5. The van der Waals surface area contributed by atoms with Crippen LogP contribution in [0.15, 0.2) is 35.4 Å². The lowest BCUT2D eigenvalue weighted by molar-refractivity contribution is -0.121. The molecule has 0 fully saturated rings. The highest BCUT2D eigenvalue weighted by atomic mass is 32.1. The molecule has 0 aliphatic rings. The summed E-state index contributed by atoms with van der Waals surface area (Å²) in [6, 6.07) is 7.97. The van der Waals surface area contributed by atoms with Gasteiger partial charge in [-0.05, 0) is 31.9 Å². The van der Waals surface area contributed by atoms with Gasteiger partial charge in [0.05, 0.1) is 11.7 Å². The number of rotatable bonds is 4. The summed E-state index contributed by atoms with van der Waals surface area (Å²) < 4.78 is 1.37. The minimum atomic E-state index is -0.205. The standard InChI is InChI=1S/C18H19N3O2S/c1-11-4-6-14(7-5-11)8-19-15(22)9-21-10-20-17-16(18(21)23)12(2)13(3)24-17/h4-7,10H,8-9H2,1-3H3,(H,19,22). The minimum Gasteiger partial charge on any atom is -0.350 e. The van der Waals surface area contributed by atoms with Crippen molar-refractivity contribution in [2.75, 3.05) is 0 Å². The fourth-order valence-corrected chi connectivity index (χ4v) is 3.49. The molecule has 124 valence electrons. The van der Waals surface area contributed by atoms with E-state index >= 15 is 0 Å². The molecule has 2 aromatic heterocycles. The number of carbonyl (C=O) groups excluding carboxylic acids is 1. The zero-order valence-corrected chi connectivity index (χ0v) is 14.7. The molecule has 5 nitrogen and oxygen atoms in total. The third-order valence-corrected chi connectivity index (χ3v) is 5.20. The van der Waals surface area contributed by atoms with Gasteiger partial charge in [0.2, 0.25) is 5.91 Å². The largest absolute Gasteiger partial charge is 0.350 e. The van der Waals surface area contributed by atoms with Crippen molar-refractivity contribution < 1.29 is 4.79 Å². The lowest BCUT2D eigenvalue weighted by Crippen LogP contribution is -2.32. The molecule has 2 heterocycles. The van der Waals surface area contributed by atoms with E-state index in [0.717, 1.165) is 20.8 Å². The van der Waals surface area contributed by atoms with Crippen molar-refractivity contribution in [1.29, 1.82) is 0 Å². The topological polar surface area (TPSA) is 64.0 Å². The lowest BCUT2D eigenvalue weighted by Gasteiger charge is -2.08. The number of nitrogens with zero attached hydrogens (tertiary/aromatic N) is 2. The Labute approximate surface area is 144 Å². The van der Waals surface area contributed by atoms with Gasteiger partial charge in [-0.25, -0.2) is 4.98 Å². The second-order valence-corrected chi connectivity index (χ2v) is 7.11. The second-order valence-electron chi connectivity index (χ2n) is 5.90. The number of aryl methyl sites for hydroxylation is 3. The molecular weight excluding hydrogens is 322 g/mol. The maximum atomic E-state index is 12.6. The van der Waals surface area contributed by atoms with E-state index in [9.17, 15) is 9.59 Å². The van der Waals surface area contributed by atoms with Gasteiger partial charge in [-0.2, -0.15) is 0 Å². The number of fused-ring (bicyclic) bond motifs is 1. The van der Waals surface area contributed by atoms with Crippen LogP contribution in [-0.4, -0.2) is 15.5 Å². The Morgan fingerprint density at radius 3 is 2.62 bits per heavy atom. The first-order valence-corrected chi connectivity index (χ1v) is 8.54.